The highest BCUT2D eigenvalue weighted by atomic mass is 16.5. The predicted molar refractivity (Wildman–Crippen MR) is 149 cm³/mol. The van der Waals surface area contributed by atoms with E-state index in [0.717, 1.165) is 58.1 Å². The van der Waals surface area contributed by atoms with Crippen molar-refractivity contribution in [2.75, 3.05) is 29.3 Å². The Bertz CT molecular complexity index is 1490. The number of hydrogen-bond donors (Lipinski definition) is 2. The van der Waals surface area contributed by atoms with Crippen LogP contribution in [0.1, 0.15) is 36.8 Å². The molecule has 9 nitrogen and oxygen atoms in total. The average molecular weight is 510 g/mol. The Morgan fingerprint density at radius 1 is 1.08 bits per heavy atom. The number of urea groups is 1. The van der Waals surface area contributed by atoms with E-state index in [-0.39, 0.29) is 6.03 Å². The Kier molecular flexibility index (Phi) is 6.19. The third-order valence-corrected chi connectivity index (χ3v) is 7.44. The molecule has 194 valence electrons. The number of aryl methyl sites for hydroxylation is 1. The lowest BCUT2D eigenvalue weighted by atomic mass is 10.1. The van der Waals surface area contributed by atoms with Gasteiger partial charge in [-0.1, -0.05) is 37.1 Å². The smallest absolute Gasteiger partial charge is 0.330 e. The van der Waals surface area contributed by atoms with Gasteiger partial charge in [0, 0.05) is 41.7 Å². The van der Waals surface area contributed by atoms with E-state index >= 15 is 0 Å². The minimum absolute atomic E-state index is 0.127. The Morgan fingerprint density at radius 3 is 2.71 bits per heavy atom. The van der Waals surface area contributed by atoms with Crippen LogP contribution in [0.2, 0.25) is 0 Å². The van der Waals surface area contributed by atoms with Crippen molar-refractivity contribution in [3.05, 3.63) is 66.0 Å². The molecule has 1 aliphatic carbocycles. The molecule has 2 N–H and O–H groups in total. The summed E-state index contributed by atoms with van der Waals surface area (Å²) < 4.78 is 5.51. The molecular weight excluding hydrogens is 478 g/mol. The zero-order valence-corrected chi connectivity index (χ0v) is 21.9. The van der Waals surface area contributed by atoms with Gasteiger partial charge in [-0.15, -0.1) is 0 Å². The Balaban J connectivity index is 1.29. The largest absolute Gasteiger partial charge is 0.496 e. The van der Waals surface area contributed by atoms with E-state index in [1.165, 1.54) is 12.8 Å². The molecule has 9 heteroatoms. The van der Waals surface area contributed by atoms with Crippen LogP contribution >= 0.6 is 0 Å². The average Bonchev–Trinajstić information content (AvgIpc) is 3.64. The van der Waals surface area contributed by atoms with Gasteiger partial charge in [-0.2, -0.15) is 4.98 Å². The molecule has 2 amide bonds. The first-order valence-electron chi connectivity index (χ1n) is 13.0. The highest BCUT2D eigenvalue weighted by Gasteiger charge is 2.32. The fourth-order valence-electron chi connectivity index (χ4n) is 5.34. The van der Waals surface area contributed by atoms with Gasteiger partial charge >= 0.3 is 6.03 Å². The molecule has 2 aromatic carbocycles. The van der Waals surface area contributed by atoms with Gasteiger partial charge in [-0.3, -0.25) is 9.80 Å². The zero-order chi connectivity index (χ0) is 26.2. The molecule has 1 fully saturated rings. The first-order valence-corrected chi connectivity index (χ1v) is 13.0. The Labute approximate surface area is 221 Å². The van der Waals surface area contributed by atoms with Gasteiger partial charge < -0.3 is 15.0 Å². The molecule has 0 saturated heterocycles. The number of carbonyl (C=O) groups excluding carboxylic acids is 1. The molecule has 0 spiro atoms. The number of fused-ring (bicyclic) bond motifs is 1. The molecule has 2 aliphatic rings. The molecule has 1 saturated carbocycles. The number of carbonyl (C=O) groups is 1. The lowest BCUT2D eigenvalue weighted by Crippen LogP contribution is -2.46. The number of imidazole rings is 1. The maximum atomic E-state index is 13.5. The summed E-state index contributed by atoms with van der Waals surface area (Å²) in [5.74, 6) is 2.74. The molecule has 0 unspecified atom stereocenters. The van der Waals surface area contributed by atoms with Crippen molar-refractivity contribution >= 4 is 23.5 Å². The first kappa shape index (κ1) is 24.0. The number of benzene rings is 2. The summed E-state index contributed by atoms with van der Waals surface area (Å²) in [7, 11) is 3.43. The maximum absolute atomic E-state index is 13.5. The van der Waals surface area contributed by atoms with Gasteiger partial charge in [-0.05, 0) is 43.5 Å². The van der Waals surface area contributed by atoms with Crippen molar-refractivity contribution < 1.29 is 9.53 Å². The van der Waals surface area contributed by atoms with Crippen LogP contribution < -0.4 is 19.9 Å². The molecule has 0 bridgehead atoms. The number of aromatic nitrogens is 4. The number of ether oxygens (including phenoxy) is 1. The number of rotatable bonds is 6. The van der Waals surface area contributed by atoms with Gasteiger partial charge in [0.1, 0.15) is 17.4 Å². The van der Waals surface area contributed by atoms with Gasteiger partial charge in [0.2, 0.25) is 5.95 Å². The number of aromatic amines is 1. The van der Waals surface area contributed by atoms with Crippen LogP contribution in [0.15, 0.2) is 54.9 Å². The minimum atomic E-state index is -0.127. The number of amides is 2. The van der Waals surface area contributed by atoms with E-state index in [1.54, 1.807) is 30.2 Å². The molecule has 0 radical (unpaired) electrons. The van der Waals surface area contributed by atoms with Crippen LogP contribution in [-0.2, 0) is 6.54 Å². The van der Waals surface area contributed by atoms with E-state index in [4.69, 9.17) is 9.72 Å². The number of hydrogen-bond acceptors (Lipinski definition) is 6. The molecule has 3 heterocycles. The Morgan fingerprint density at radius 2 is 1.89 bits per heavy atom. The van der Waals surface area contributed by atoms with E-state index in [9.17, 15) is 4.79 Å². The highest BCUT2D eigenvalue weighted by molar-refractivity contribution is 6.05. The summed E-state index contributed by atoms with van der Waals surface area (Å²) in [6.07, 6.45) is 8.36. The normalized spacial score (nSPS) is 15.6. The quantitative estimate of drug-likeness (QED) is 0.342. The zero-order valence-electron chi connectivity index (χ0n) is 21.9. The minimum Gasteiger partial charge on any atom is -0.496 e. The van der Waals surface area contributed by atoms with Gasteiger partial charge in [0.25, 0.3) is 0 Å². The molecular formula is C29H31N7O2. The van der Waals surface area contributed by atoms with Gasteiger partial charge in [0.05, 0.1) is 25.5 Å². The van der Waals surface area contributed by atoms with Crippen LogP contribution in [0.3, 0.4) is 0 Å². The third kappa shape index (κ3) is 4.34. The van der Waals surface area contributed by atoms with E-state index in [0.29, 0.717) is 24.4 Å². The number of H-pyrrole nitrogens is 1. The van der Waals surface area contributed by atoms with Crippen LogP contribution in [0.4, 0.5) is 22.2 Å². The van der Waals surface area contributed by atoms with Crippen LogP contribution in [-0.4, -0.2) is 46.2 Å². The van der Waals surface area contributed by atoms with Crippen LogP contribution in [0, 0.1) is 6.92 Å². The van der Waals surface area contributed by atoms with Crippen molar-refractivity contribution in [2.24, 2.45) is 0 Å². The van der Waals surface area contributed by atoms with Crippen molar-refractivity contribution in [2.45, 2.75) is 45.2 Å². The summed E-state index contributed by atoms with van der Waals surface area (Å²) in [4.78, 5) is 34.2. The predicted octanol–water partition coefficient (Wildman–Crippen LogP) is 5.78. The lowest BCUT2D eigenvalue weighted by Gasteiger charge is -2.35. The fraction of sp³-hybridized carbons (Fsp3) is 0.310. The summed E-state index contributed by atoms with van der Waals surface area (Å²) in [6.45, 7) is 2.41. The molecule has 38 heavy (non-hydrogen) atoms. The summed E-state index contributed by atoms with van der Waals surface area (Å²) in [5.41, 5.74) is 5.42. The molecule has 0 atom stereocenters. The summed E-state index contributed by atoms with van der Waals surface area (Å²) >= 11 is 0. The SMILES string of the molecule is COc1ccccc1-c1cnc(-c2ccc(C)c(N3Cc4cnc(NC5CCCC5)nc4N(C)C3=O)c2)[nH]1. The molecule has 4 aromatic rings. The van der Waals surface area contributed by atoms with Gasteiger partial charge in [-0.25, -0.2) is 14.8 Å². The highest BCUT2D eigenvalue weighted by Crippen LogP contribution is 2.35. The van der Waals surface area contributed by atoms with E-state index in [1.807, 2.05) is 55.6 Å². The second kappa shape index (κ2) is 9.81. The van der Waals surface area contributed by atoms with Crippen molar-refractivity contribution in [1.82, 2.24) is 19.9 Å². The summed E-state index contributed by atoms with van der Waals surface area (Å²) in [5, 5.41) is 3.43. The van der Waals surface area contributed by atoms with Crippen LogP contribution in [0.5, 0.6) is 5.75 Å². The second-order valence-corrected chi connectivity index (χ2v) is 9.94. The number of para-hydroxylation sites is 1. The fourth-order valence-corrected chi connectivity index (χ4v) is 5.34. The number of methoxy groups -OCH3 is 1. The van der Waals surface area contributed by atoms with Crippen molar-refractivity contribution in [3.63, 3.8) is 0 Å². The maximum Gasteiger partial charge on any atom is 0.330 e. The summed E-state index contributed by atoms with van der Waals surface area (Å²) in [6, 6.07) is 14.1. The van der Waals surface area contributed by atoms with Crippen LogP contribution in [0.25, 0.3) is 22.6 Å². The van der Waals surface area contributed by atoms with Crippen molar-refractivity contribution in [1.29, 1.82) is 0 Å². The standard InChI is InChI=1S/C29H31N7O2/c1-18-12-13-19(26-30-16-23(33-26)22-10-6-7-11-25(22)38-3)14-24(18)36-17-20-15-31-28(32-21-8-4-5-9-21)34-27(20)35(2)29(36)37/h6-7,10-16,21H,4-5,8-9,17H2,1-3H3,(H,30,33)(H,31,32,34). The van der Waals surface area contributed by atoms with Crippen molar-refractivity contribution in [3.8, 4) is 28.4 Å². The third-order valence-electron chi connectivity index (χ3n) is 7.44. The molecule has 2 aromatic heterocycles. The van der Waals surface area contributed by atoms with E-state index in [2.05, 4.69) is 20.3 Å². The van der Waals surface area contributed by atoms with E-state index < -0.39 is 0 Å². The second-order valence-electron chi connectivity index (χ2n) is 9.94. The monoisotopic (exact) mass is 509 g/mol. The van der Waals surface area contributed by atoms with Gasteiger partial charge in [0.15, 0.2) is 0 Å². The number of nitrogens with one attached hydrogen (secondary N) is 2. The Hall–Kier alpha value is -4.40. The number of anilines is 3. The first-order chi connectivity index (χ1) is 18.5. The lowest BCUT2D eigenvalue weighted by molar-refractivity contribution is 0.251. The molecule has 6 rings (SSSR count). The topological polar surface area (TPSA) is 99.3 Å². The number of nitrogens with zero attached hydrogens (tertiary/aromatic N) is 5. The molecule has 1 aliphatic heterocycles.